The number of piperazine rings is 1. The number of nitrogens with one attached hydrogen (secondary N) is 1. The smallest absolute Gasteiger partial charge is 0.333 e. The van der Waals surface area contributed by atoms with Crippen molar-refractivity contribution in [2.75, 3.05) is 20.1 Å². The van der Waals surface area contributed by atoms with E-state index in [1.807, 2.05) is 74.5 Å². The van der Waals surface area contributed by atoms with Gasteiger partial charge in [-0.3, -0.25) is 9.59 Å². The Morgan fingerprint density at radius 3 is 2.21 bits per heavy atom. The normalized spacial score (nSPS) is 21.4. The molecule has 8 heteroatoms. The van der Waals surface area contributed by atoms with Gasteiger partial charge in [0.2, 0.25) is 11.8 Å². The fraction of sp³-hybridized carbons (Fsp3) is 0.400. The zero-order valence-electron chi connectivity index (χ0n) is 19.3. The van der Waals surface area contributed by atoms with E-state index in [9.17, 15) is 14.4 Å². The van der Waals surface area contributed by atoms with Gasteiger partial charge in [-0.2, -0.15) is 0 Å². The number of hydrogen-bond donors (Lipinski definition) is 1. The molecule has 2 fully saturated rings. The van der Waals surface area contributed by atoms with Crippen molar-refractivity contribution < 1.29 is 14.4 Å². The summed E-state index contributed by atoms with van der Waals surface area (Å²) in [5.41, 5.74) is 2.00. The van der Waals surface area contributed by atoms with Crippen LogP contribution in [0.2, 0.25) is 0 Å². The molecule has 2 atom stereocenters. The Bertz CT molecular complexity index is 998. The van der Waals surface area contributed by atoms with Gasteiger partial charge in [-0.25, -0.2) is 14.8 Å². The monoisotopic (exact) mass is 449 g/mol. The Balaban J connectivity index is 1.60. The molecule has 33 heavy (non-hydrogen) atoms. The number of carbonyl (C=O) groups is 3. The van der Waals surface area contributed by atoms with Crippen LogP contribution in [-0.4, -0.2) is 70.0 Å². The number of nitrogens with zero attached hydrogens (tertiary/aromatic N) is 4. The number of benzene rings is 2. The number of hydrogen-bond acceptors (Lipinski definition) is 4. The van der Waals surface area contributed by atoms with Crippen molar-refractivity contribution in [2.45, 2.75) is 39.1 Å². The fourth-order valence-corrected chi connectivity index (χ4v) is 4.66. The molecule has 0 radical (unpaired) electrons. The highest BCUT2D eigenvalue weighted by atomic mass is 16.2. The number of urea groups is 1. The summed E-state index contributed by atoms with van der Waals surface area (Å²) < 4.78 is 0. The molecule has 2 aliphatic rings. The van der Waals surface area contributed by atoms with Crippen LogP contribution in [0.15, 0.2) is 60.7 Å². The summed E-state index contributed by atoms with van der Waals surface area (Å²) in [6.07, 6.45) is -0.569. The molecule has 4 rings (SSSR count). The van der Waals surface area contributed by atoms with Crippen molar-refractivity contribution in [1.82, 2.24) is 25.1 Å². The summed E-state index contributed by atoms with van der Waals surface area (Å²) in [6.45, 7) is 5.00. The Labute approximate surface area is 194 Å². The number of fused-ring (bicyclic) bond motifs is 1. The van der Waals surface area contributed by atoms with Crippen molar-refractivity contribution >= 4 is 17.8 Å². The molecule has 2 aromatic rings. The maximum absolute atomic E-state index is 13.4. The molecule has 2 heterocycles. The Morgan fingerprint density at radius 1 is 1.00 bits per heavy atom. The van der Waals surface area contributed by atoms with Gasteiger partial charge < -0.3 is 15.1 Å². The second-order valence-corrected chi connectivity index (χ2v) is 8.98. The van der Waals surface area contributed by atoms with Gasteiger partial charge in [-0.1, -0.05) is 74.5 Å². The highest BCUT2D eigenvalue weighted by Crippen LogP contribution is 2.30. The summed E-state index contributed by atoms with van der Waals surface area (Å²) in [5, 5.41) is 6.21. The zero-order chi connectivity index (χ0) is 23.5. The quantitative estimate of drug-likeness (QED) is 0.760. The van der Waals surface area contributed by atoms with Crippen molar-refractivity contribution in [3.63, 3.8) is 0 Å². The number of carbonyl (C=O) groups excluding carboxylic acids is 3. The minimum Gasteiger partial charge on any atom is -0.333 e. The average Bonchev–Trinajstić information content (AvgIpc) is 2.80. The van der Waals surface area contributed by atoms with Crippen LogP contribution in [-0.2, 0) is 22.7 Å². The second kappa shape index (κ2) is 9.62. The summed E-state index contributed by atoms with van der Waals surface area (Å²) in [4.78, 5) is 43.2. The summed E-state index contributed by atoms with van der Waals surface area (Å²) in [7, 11) is 1.74. The first-order chi connectivity index (χ1) is 15.9. The number of rotatable bonds is 5. The summed E-state index contributed by atoms with van der Waals surface area (Å²) in [6, 6.07) is 18.6. The van der Waals surface area contributed by atoms with E-state index in [0.29, 0.717) is 13.1 Å². The molecular weight excluding hydrogens is 418 g/mol. The van der Waals surface area contributed by atoms with Crippen molar-refractivity contribution in [2.24, 2.45) is 5.92 Å². The van der Waals surface area contributed by atoms with Gasteiger partial charge in [0.15, 0.2) is 0 Å². The fourth-order valence-electron chi connectivity index (χ4n) is 4.66. The first kappa shape index (κ1) is 22.8. The van der Waals surface area contributed by atoms with Crippen LogP contribution in [0.3, 0.4) is 0 Å². The van der Waals surface area contributed by atoms with E-state index in [4.69, 9.17) is 0 Å². The topological polar surface area (TPSA) is 76.2 Å². The summed E-state index contributed by atoms with van der Waals surface area (Å²) >= 11 is 0. The molecular formula is C25H31N5O3. The maximum Gasteiger partial charge on any atom is 0.334 e. The van der Waals surface area contributed by atoms with Crippen LogP contribution in [0.4, 0.5) is 4.79 Å². The molecule has 0 saturated carbocycles. The van der Waals surface area contributed by atoms with E-state index in [-0.39, 0.29) is 36.9 Å². The van der Waals surface area contributed by atoms with Crippen LogP contribution in [0.25, 0.3) is 0 Å². The van der Waals surface area contributed by atoms with Crippen LogP contribution < -0.4 is 5.32 Å². The number of amides is 4. The zero-order valence-corrected chi connectivity index (χ0v) is 19.3. The van der Waals surface area contributed by atoms with Crippen LogP contribution in [0.1, 0.15) is 25.0 Å². The van der Waals surface area contributed by atoms with Crippen LogP contribution >= 0.6 is 0 Å². The molecule has 8 nitrogen and oxygen atoms in total. The number of hydrazine groups is 1. The molecule has 4 amide bonds. The molecule has 2 saturated heterocycles. The lowest BCUT2D eigenvalue weighted by Crippen LogP contribution is -2.76. The maximum atomic E-state index is 13.4. The molecule has 2 aliphatic heterocycles. The number of likely N-dealkylation sites (N-methyl/N-ethyl adjacent to an activating group) is 1. The molecule has 2 aromatic carbocycles. The average molecular weight is 450 g/mol. The van der Waals surface area contributed by atoms with Crippen molar-refractivity contribution in [1.29, 1.82) is 0 Å². The highest BCUT2D eigenvalue weighted by molar-refractivity contribution is 5.91. The SMILES string of the molecule is CC(C)[C@H]1C(=O)N(Cc2ccccc2)C[C@H]2N1C(=O)CN(C)N2C(=O)NCc1ccccc1. The van der Waals surface area contributed by atoms with E-state index in [2.05, 4.69) is 5.32 Å². The van der Waals surface area contributed by atoms with Crippen LogP contribution in [0.5, 0.6) is 0 Å². The largest absolute Gasteiger partial charge is 0.334 e. The first-order valence-corrected chi connectivity index (χ1v) is 11.3. The first-order valence-electron chi connectivity index (χ1n) is 11.3. The van der Waals surface area contributed by atoms with Gasteiger partial charge in [-0.15, -0.1) is 0 Å². The third-order valence-corrected chi connectivity index (χ3v) is 6.21. The molecule has 0 bridgehead atoms. The van der Waals surface area contributed by atoms with Gasteiger partial charge in [0.25, 0.3) is 0 Å². The molecule has 0 aromatic heterocycles. The van der Waals surface area contributed by atoms with E-state index in [1.54, 1.807) is 26.9 Å². The molecule has 0 aliphatic carbocycles. The predicted octanol–water partition coefficient (Wildman–Crippen LogP) is 2.28. The van der Waals surface area contributed by atoms with Crippen molar-refractivity contribution in [3.8, 4) is 0 Å². The third kappa shape index (κ3) is 4.71. The minimum atomic E-state index is -0.613. The van der Waals surface area contributed by atoms with E-state index >= 15 is 0 Å². The molecule has 0 spiro atoms. The van der Waals surface area contributed by atoms with Gasteiger partial charge in [-0.05, 0) is 17.0 Å². The predicted molar refractivity (Wildman–Crippen MR) is 124 cm³/mol. The Kier molecular flexibility index (Phi) is 6.65. The van der Waals surface area contributed by atoms with Gasteiger partial charge in [0.1, 0.15) is 12.2 Å². The van der Waals surface area contributed by atoms with Crippen molar-refractivity contribution in [3.05, 3.63) is 71.8 Å². The van der Waals surface area contributed by atoms with E-state index in [1.165, 1.54) is 0 Å². The Morgan fingerprint density at radius 2 is 1.61 bits per heavy atom. The lowest BCUT2D eigenvalue weighted by atomic mass is 9.96. The lowest BCUT2D eigenvalue weighted by molar-refractivity contribution is -0.190. The van der Waals surface area contributed by atoms with Gasteiger partial charge in [0, 0.05) is 20.1 Å². The lowest BCUT2D eigenvalue weighted by Gasteiger charge is -2.55. The van der Waals surface area contributed by atoms with Crippen LogP contribution in [0, 0.1) is 5.92 Å². The standard InChI is InChI=1S/C25H31N5O3/c1-18(2)23-24(32)28(15-20-12-8-5-9-13-20)16-21-29(23)22(31)17-27(3)30(21)25(33)26-14-19-10-6-4-7-11-19/h4-13,18,21,23H,14-17H2,1-3H3,(H,26,33)/t21-,23-/m0/s1. The molecule has 1 N–H and O–H groups in total. The van der Waals surface area contributed by atoms with Gasteiger partial charge in [0.05, 0.1) is 13.1 Å². The molecule has 0 unspecified atom stereocenters. The highest BCUT2D eigenvalue weighted by Gasteiger charge is 2.51. The van der Waals surface area contributed by atoms with E-state index < -0.39 is 12.2 Å². The third-order valence-electron chi connectivity index (χ3n) is 6.21. The second-order valence-electron chi connectivity index (χ2n) is 8.98. The summed E-state index contributed by atoms with van der Waals surface area (Å²) in [5.74, 6) is -0.297. The Hall–Kier alpha value is -3.39. The molecule has 174 valence electrons. The van der Waals surface area contributed by atoms with E-state index in [0.717, 1.165) is 11.1 Å². The minimum absolute atomic E-state index is 0.0461. The van der Waals surface area contributed by atoms with Gasteiger partial charge >= 0.3 is 6.03 Å².